The van der Waals surface area contributed by atoms with Crippen molar-refractivity contribution >= 4 is 12.0 Å². The molecule has 0 fully saturated rings. The third kappa shape index (κ3) is 7.09. The lowest BCUT2D eigenvalue weighted by atomic mass is 9.94. The van der Waals surface area contributed by atoms with Crippen LogP contribution in [0.3, 0.4) is 0 Å². The van der Waals surface area contributed by atoms with Gasteiger partial charge >= 0.3 is 12.0 Å². The molecule has 5 nitrogen and oxygen atoms in total. The molecule has 0 aromatic carbocycles. The number of carbonyl (C=O) groups excluding carboxylic acids is 1. The second kappa shape index (κ2) is 7.09. The van der Waals surface area contributed by atoms with Crippen molar-refractivity contribution < 1.29 is 14.7 Å². The molecule has 0 bridgehead atoms. The lowest BCUT2D eigenvalue weighted by Gasteiger charge is -2.19. The summed E-state index contributed by atoms with van der Waals surface area (Å²) in [4.78, 5) is 23.4. The molecule has 0 aliphatic rings. The van der Waals surface area contributed by atoms with Crippen molar-refractivity contribution in [2.45, 2.75) is 26.7 Å². The van der Waals surface area contributed by atoms with Gasteiger partial charge in [-0.15, -0.1) is 0 Å². The third-order valence-electron chi connectivity index (χ3n) is 2.22. The van der Waals surface area contributed by atoms with Gasteiger partial charge in [0, 0.05) is 27.1 Å². The highest BCUT2D eigenvalue weighted by Gasteiger charge is 2.16. The zero-order valence-electron chi connectivity index (χ0n) is 10.5. The quantitative estimate of drug-likeness (QED) is 0.724. The average molecular weight is 230 g/mol. The summed E-state index contributed by atoms with van der Waals surface area (Å²) in [5.41, 5.74) is 0. The van der Waals surface area contributed by atoms with Crippen LogP contribution in [0.1, 0.15) is 26.7 Å². The number of carbonyl (C=O) groups is 2. The maximum Gasteiger partial charge on any atom is 0.316 e. The van der Waals surface area contributed by atoms with Crippen LogP contribution in [0.4, 0.5) is 4.79 Å². The molecule has 0 spiro atoms. The van der Waals surface area contributed by atoms with Gasteiger partial charge in [0.05, 0.1) is 0 Å². The summed E-state index contributed by atoms with van der Waals surface area (Å²) >= 11 is 0. The number of nitrogens with one attached hydrogen (secondary N) is 1. The highest BCUT2D eigenvalue weighted by Crippen LogP contribution is 2.14. The van der Waals surface area contributed by atoms with Gasteiger partial charge in [-0.2, -0.15) is 0 Å². The van der Waals surface area contributed by atoms with E-state index in [9.17, 15) is 9.59 Å². The molecule has 1 unspecified atom stereocenters. The summed E-state index contributed by atoms with van der Waals surface area (Å²) in [6.45, 7) is 4.51. The largest absolute Gasteiger partial charge is 0.481 e. The summed E-state index contributed by atoms with van der Waals surface area (Å²) in [5, 5.41) is 11.5. The summed E-state index contributed by atoms with van der Waals surface area (Å²) in [6.07, 6.45) is 0.909. The van der Waals surface area contributed by atoms with E-state index in [0.717, 1.165) is 6.42 Å². The van der Waals surface area contributed by atoms with Gasteiger partial charge in [-0.1, -0.05) is 13.8 Å². The Balaban J connectivity index is 4.10. The summed E-state index contributed by atoms with van der Waals surface area (Å²) in [5.74, 6) is -0.383. The molecular weight excluding hydrogens is 208 g/mol. The zero-order valence-corrected chi connectivity index (χ0v) is 10.5. The average Bonchev–Trinajstić information content (AvgIpc) is 2.11. The number of hydrogen-bond donors (Lipinski definition) is 2. The number of carboxylic acid groups (broad SMARTS) is 1. The Hall–Kier alpha value is -1.26. The van der Waals surface area contributed by atoms with Crippen LogP contribution in [-0.4, -0.2) is 42.6 Å². The minimum absolute atomic E-state index is 0.00130. The number of rotatable bonds is 6. The van der Waals surface area contributed by atoms with Gasteiger partial charge < -0.3 is 15.3 Å². The fourth-order valence-corrected chi connectivity index (χ4v) is 1.54. The van der Waals surface area contributed by atoms with E-state index in [1.165, 1.54) is 4.90 Å². The van der Waals surface area contributed by atoms with Crippen LogP contribution >= 0.6 is 0 Å². The molecule has 94 valence electrons. The second-order valence-electron chi connectivity index (χ2n) is 4.67. The van der Waals surface area contributed by atoms with Crippen LogP contribution in [0, 0.1) is 11.8 Å². The maximum atomic E-state index is 11.3. The van der Waals surface area contributed by atoms with E-state index in [1.54, 1.807) is 14.1 Å². The number of aliphatic carboxylic acids is 1. The first kappa shape index (κ1) is 14.7. The topological polar surface area (TPSA) is 69.6 Å². The lowest BCUT2D eigenvalue weighted by molar-refractivity contribution is -0.138. The molecule has 0 aliphatic heterocycles. The predicted octanol–water partition coefficient (Wildman–Crippen LogP) is 1.39. The Kier molecular flexibility index (Phi) is 6.53. The first-order valence-electron chi connectivity index (χ1n) is 5.49. The normalized spacial score (nSPS) is 12.3. The number of urea groups is 1. The van der Waals surface area contributed by atoms with E-state index in [4.69, 9.17) is 5.11 Å². The number of carboxylic acids is 1. The van der Waals surface area contributed by atoms with Crippen LogP contribution in [0.2, 0.25) is 0 Å². The van der Waals surface area contributed by atoms with Gasteiger partial charge in [0.2, 0.25) is 0 Å². The summed E-state index contributed by atoms with van der Waals surface area (Å²) < 4.78 is 0. The summed E-state index contributed by atoms with van der Waals surface area (Å²) in [7, 11) is 3.31. The fraction of sp³-hybridized carbons (Fsp3) is 0.818. The van der Waals surface area contributed by atoms with Crippen molar-refractivity contribution in [2.75, 3.05) is 20.6 Å². The molecule has 0 heterocycles. The second-order valence-corrected chi connectivity index (χ2v) is 4.67. The molecule has 2 amide bonds. The molecule has 2 N–H and O–H groups in total. The van der Waals surface area contributed by atoms with Crippen LogP contribution in [0.15, 0.2) is 0 Å². The lowest BCUT2D eigenvalue weighted by Crippen LogP contribution is -2.38. The minimum atomic E-state index is -0.815. The van der Waals surface area contributed by atoms with Crippen molar-refractivity contribution in [3.63, 3.8) is 0 Å². The summed E-state index contributed by atoms with van der Waals surface area (Å²) in [6, 6.07) is -0.181. The highest BCUT2D eigenvalue weighted by molar-refractivity contribution is 5.73. The molecule has 1 atom stereocenters. The van der Waals surface area contributed by atoms with Crippen LogP contribution in [-0.2, 0) is 4.79 Å². The molecular formula is C11H22N2O3. The van der Waals surface area contributed by atoms with Gasteiger partial charge in [-0.3, -0.25) is 4.79 Å². The van der Waals surface area contributed by atoms with Gasteiger partial charge in [0.15, 0.2) is 0 Å². The molecule has 0 aromatic heterocycles. The van der Waals surface area contributed by atoms with Crippen LogP contribution in [0.5, 0.6) is 0 Å². The van der Waals surface area contributed by atoms with Gasteiger partial charge in [-0.25, -0.2) is 4.79 Å². The first-order chi connectivity index (χ1) is 7.32. The Morgan fingerprint density at radius 1 is 1.31 bits per heavy atom. The monoisotopic (exact) mass is 230 g/mol. The van der Waals surface area contributed by atoms with Crippen LogP contribution < -0.4 is 5.32 Å². The van der Waals surface area contributed by atoms with E-state index in [-0.39, 0.29) is 18.4 Å². The van der Waals surface area contributed by atoms with Crippen molar-refractivity contribution in [1.29, 1.82) is 0 Å². The SMILES string of the molecule is CC(C)CC(CNC(=O)N(C)C)CC(=O)O. The minimum Gasteiger partial charge on any atom is -0.481 e. The number of hydrogen-bond acceptors (Lipinski definition) is 2. The Labute approximate surface area is 96.8 Å². The fourth-order valence-electron chi connectivity index (χ4n) is 1.54. The highest BCUT2D eigenvalue weighted by atomic mass is 16.4. The smallest absolute Gasteiger partial charge is 0.316 e. The molecule has 0 aromatic rings. The molecule has 0 saturated heterocycles. The first-order valence-corrected chi connectivity index (χ1v) is 5.49. The van der Waals surface area contributed by atoms with Gasteiger partial charge in [0.1, 0.15) is 0 Å². The maximum absolute atomic E-state index is 11.3. The molecule has 0 aliphatic carbocycles. The standard InChI is InChI=1S/C11H22N2O3/c1-8(2)5-9(6-10(14)15)7-12-11(16)13(3)4/h8-9H,5-7H2,1-4H3,(H,12,16)(H,14,15). The van der Waals surface area contributed by atoms with Crippen molar-refractivity contribution in [3.8, 4) is 0 Å². The van der Waals surface area contributed by atoms with Crippen molar-refractivity contribution in [3.05, 3.63) is 0 Å². The molecule has 5 heteroatoms. The van der Waals surface area contributed by atoms with E-state index in [1.807, 2.05) is 13.8 Å². The Morgan fingerprint density at radius 2 is 1.88 bits per heavy atom. The van der Waals surface area contributed by atoms with E-state index in [0.29, 0.717) is 12.5 Å². The van der Waals surface area contributed by atoms with E-state index < -0.39 is 5.97 Å². The molecule has 0 saturated carbocycles. The Bertz CT molecular complexity index is 239. The third-order valence-corrected chi connectivity index (χ3v) is 2.22. The van der Waals surface area contributed by atoms with Gasteiger partial charge in [0.25, 0.3) is 0 Å². The number of nitrogens with zero attached hydrogens (tertiary/aromatic N) is 1. The molecule has 0 radical (unpaired) electrons. The van der Waals surface area contributed by atoms with E-state index in [2.05, 4.69) is 5.32 Å². The number of amides is 2. The zero-order chi connectivity index (χ0) is 12.7. The van der Waals surface area contributed by atoms with Gasteiger partial charge in [-0.05, 0) is 18.3 Å². The molecule has 16 heavy (non-hydrogen) atoms. The van der Waals surface area contributed by atoms with E-state index >= 15 is 0 Å². The molecule has 0 rings (SSSR count). The van der Waals surface area contributed by atoms with Crippen molar-refractivity contribution in [2.24, 2.45) is 11.8 Å². The Morgan fingerprint density at radius 3 is 2.25 bits per heavy atom. The van der Waals surface area contributed by atoms with Crippen molar-refractivity contribution in [1.82, 2.24) is 10.2 Å². The predicted molar refractivity (Wildman–Crippen MR) is 62.3 cm³/mol. The van der Waals surface area contributed by atoms with Crippen LogP contribution in [0.25, 0.3) is 0 Å².